The van der Waals surface area contributed by atoms with Gasteiger partial charge in [-0.1, -0.05) is 12.1 Å². The molecular formula is C21H32N4O3. The Morgan fingerprint density at radius 3 is 2.89 bits per heavy atom. The van der Waals surface area contributed by atoms with Crippen molar-refractivity contribution in [1.82, 2.24) is 15.5 Å². The quantitative estimate of drug-likeness (QED) is 0.657. The molecule has 3 N–H and O–H groups in total. The number of carbonyl (C=O) groups is 2. The van der Waals surface area contributed by atoms with Gasteiger partial charge in [-0.15, -0.1) is 0 Å². The molecule has 154 valence electrons. The number of hydrogen-bond acceptors (Lipinski definition) is 5. The summed E-state index contributed by atoms with van der Waals surface area (Å²) in [4.78, 5) is 26.9. The number of ether oxygens (including phenoxy) is 1. The molecule has 0 bridgehead atoms. The summed E-state index contributed by atoms with van der Waals surface area (Å²) >= 11 is 0. The first kappa shape index (κ1) is 20.8. The van der Waals surface area contributed by atoms with E-state index >= 15 is 0 Å². The van der Waals surface area contributed by atoms with Crippen LogP contribution in [0, 0.1) is 5.92 Å². The number of morpholine rings is 1. The summed E-state index contributed by atoms with van der Waals surface area (Å²) < 4.78 is 5.32. The van der Waals surface area contributed by atoms with Gasteiger partial charge < -0.3 is 20.7 Å². The molecule has 28 heavy (non-hydrogen) atoms. The lowest BCUT2D eigenvalue weighted by atomic mass is 9.92. The van der Waals surface area contributed by atoms with Crippen molar-refractivity contribution < 1.29 is 14.3 Å². The molecule has 0 aromatic heterocycles. The lowest BCUT2D eigenvalue weighted by Gasteiger charge is -2.27. The van der Waals surface area contributed by atoms with E-state index in [1.54, 1.807) is 0 Å². The van der Waals surface area contributed by atoms with E-state index in [1.165, 1.54) is 0 Å². The number of anilines is 1. The maximum Gasteiger partial charge on any atom is 0.225 e. The van der Waals surface area contributed by atoms with Gasteiger partial charge in [0, 0.05) is 50.2 Å². The molecule has 0 saturated carbocycles. The molecule has 0 spiro atoms. The molecule has 2 aliphatic heterocycles. The number of piperidine rings is 1. The third-order valence-electron chi connectivity index (χ3n) is 5.43. The number of rotatable bonds is 7. The van der Waals surface area contributed by atoms with Crippen LogP contribution in [0.15, 0.2) is 24.3 Å². The van der Waals surface area contributed by atoms with Crippen molar-refractivity contribution in [2.45, 2.75) is 38.8 Å². The van der Waals surface area contributed by atoms with Crippen LogP contribution in [0.25, 0.3) is 0 Å². The Bertz CT molecular complexity index is 661. The van der Waals surface area contributed by atoms with Crippen molar-refractivity contribution in [3.8, 4) is 0 Å². The van der Waals surface area contributed by atoms with Crippen LogP contribution in [-0.4, -0.2) is 62.1 Å². The van der Waals surface area contributed by atoms with E-state index in [9.17, 15) is 9.59 Å². The normalized spacial score (nSPS) is 23.2. The van der Waals surface area contributed by atoms with E-state index in [4.69, 9.17) is 4.74 Å². The minimum Gasteiger partial charge on any atom is -0.379 e. The van der Waals surface area contributed by atoms with Gasteiger partial charge in [0.1, 0.15) is 0 Å². The number of nitrogens with one attached hydrogen (secondary N) is 3. The Labute approximate surface area is 167 Å². The average molecular weight is 389 g/mol. The highest BCUT2D eigenvalue weighted by atomic mass is 16.5. The van der Waals surface area contributed by atoms with Crippen LogP contribution in [0.5, 0.6) is 0 Å². The van der Waals surface area contributed by atoms with Gasteiger partial charge in [0.2, 0.25) is 11.8 Å². The number of benzene rings is 1. The number of hydrogen-bond donors (Lipinski definition) is 3. The van der Waals surface area contributed by atoms with E-state index in [2.05, 4.69) is 27.8 Å². The van der Waals surface area contributed by atoms with E-state index in [0.29, 0.717) is 19.0 Å². The zero-order chi connectivity index (χ0) is 19.8. The lowest BCUT2D eigenvalue weighted by Crippen LogP contribution is -2.42. The van der Waals surface area contributed by atoms with Crippen LogP contribution in [0.1, 0.15) is 31.7 Å². The van der Waals surface area contributed by atoms with Gasteiger partial charge in [-0.3, -0.25) is 14.5 Å². The minimum atomic E-state index is 0.0105. The summed E-state index contributed by atoms with van der Waals surface area (Å²) in [6.07, 6.45) is 2.23. The molecule has 7 nitrogen and oxygen atoms in total. The standard InChI is InChI=1S/C21H32N4O3/c1-16-13-18(5-7-22-16)21(27)23-15-17-3-2-4-19(14-17)24-20(26)6-8-25-9-11-28-12-10-25/h2-4,14,16,18,22H,5-13,15H2,1H3,(H,23,27)(H,24,26)/t16-,18-/m0/s1. The molecule has 0 aliphatic carbocycles. The summed E-state index contributed by atoms with van der Waals surface area (Å²) in [5, 5.41) is 9.37. The maximum absolute atomic E-state index is 12.4. The van der Waals surface area contributed by atoms with Gasteiger partial charge in [0.25, 0.3) is 0 Å². The van der Waals surface area contributed by atoms with E-state index in [1.807, 2.05) is 24.3 Å². The fourth-order valence-corrected chi connectivity index (χ4v) is 3.77. The third-order valence-corrected chi connectivity index (χ3v) is 5.43. The molecular weight excluding hydrogens is 356 g/mol. The summed E-state index contributed by atoms with van der Waals surface area (Å²) in [5.41, 5.74) is 1.76. The smallest absolute Gasteiger partial charge is 0.225 e. The summed E-state index contributed by atoms with van der Waals surface area (Å²) in [5.74, 6) is 0.212. The van der Waals surface area contributed by atoms with Crippen LogP contribution in [0.2, 0.25) is 0 Å². The van der Waals surface area contributed by atoms with Gasteiger partial charge in [0.05, 0.1) is 13.2 Å². The summed E-state index contributed by atoms with van der Waals surface area (Å²) in [6, 6.07) is 8.07. The fourth-order valence-electron chi connectivity index (χ4n) is 3.77. The van der Waals surface area contributed by atoms with Crippen molar-refractivity contribution in [2.24, 2.45) is 5.92 Å². The van der Waals surface area contributed by atoms with Crippen molar-refractivity contribution >= 4 is 17.5 Å². The summed E-state index contributed by atoms with van der Waals surface area (Å²) in [7, 11) is 0. The van der Waals surface area contributed by atoms with Crippen LogP contribution in [0.4, 0.5) is 5.69 Å². The Morgan fingerprint density at radius 2 is 2.11 bits per heavy atom. The number of amides is 2. The highest BCUT2D eigenvalue weighted by Gasteiger charge is 2.24. The van der Waals surface area contributed by atoms with Gasteiger partial charge in [-0.2, -0.15) is 0 Å². The van der Waals surface area contributed by atoms with E-state index < -0.39 is 0 Å². The Kier molecular flexibility index (Phi) is 7.82. The molecule has 7 heteroatoms. The molecule has 1 aromatic carbocycles. The Hall–Kier alpha value is -1.96. The molecule has 2 heterocycles. The number of carbonyl (C=O) groups excluding carboxylic acids is 2. The first-order chi connectivity index (χ1) is 13.6. The average Bonchev–Trinajstić information content (AvgIpc) is 2.71. The monoisotopic (exact) mass is 388 g/mol. The SMILES string of the molecule is C[C@H]1C[C@@H](C(=O)NCc2cccc(NC(=O)CCN3CCOCC3)c2)CCN1. The lowest BCUT2D eigenvalue weighted by molar-refractivity contribution is -0.126. The Balaban J connectivity index is 1.42. The zero-order valence-corrected chi connectivity index (χ0v) is 16.7. The zero-order valence-electron chi connectivity index (χ0n) is 16.7. The number of nitrogens with zero attached hydrogens (tertiary/aromatic N) is 1. The van der Waals surface area contributed by atoms with Gasteiger partial charge in [-0.25, -0.2) is 0 Å². The van der Waals surface area contributed by atoms with Crippen LogP contribution in [0.3, 0.4) is 0 Å². The molecule has 2 fully saturated rings. The third kappa shape index (κ3) is 6.58. The molecule has 2 atom stereocenters. The molecule has 2 aliphatic rings. The molecule has 3 rings (SSSR count). The van der Waals surface area contributed by atoms with Crippen molar-refractivity contribution in [2.75, 3.05) is 44.7 Å². The van der Waals surface area contributed by atoms with E-state index in [-0.39, 0.29) is 17.7 Å². The predicted molar refractivity (Wildman–Crippen MR) is 109 cm³/mol. The largest absolute Gasteiger partial charge is 0.379 e. The molecule has 1 aromatic rings. The highest BCUT2D eigenvalue weighted by molar-refractivity contribution is 5.90. The van der Waals surface area contributed by atoms with Crippen molar-refractivity contribution in [3.63, 3.8) is 0 Å². The van der Waals surface area contributed by atoms with Crippen LogP contribution in [-0.2, 0) is 20.9 Å². The van der Waals surface area contributed by atoms with Gasteiger partial charge in [0.15, 0.2) is 0 Å². The first-order valence-electron chi connectivity index (χ1n) is 10.3. The molecule has 2 saturated heterocycles. The molecule has 2 amide bonds. The second-order valence-corrected chi connectivity index (χ2v) is 7.75. The summed E-state index contributed by atoms with van der Waals surface area (Å²) in [6.45, 7) is 7.50. The highest BCUT2D eigenvalue weighted by Crippen LogP contribution is 2.17. The molecule has 0 radical (unpaired) electrons. The van der Waals surface area contributed by atoms with Crippen molar-refractivity contribution in [3.05, 3.63) is 29.8 Å². The van der Waals surface area contributed by atoms with Gasteiger partial charge in [-0.05, 0) is 44.0 Å². The fraction of sp³-hybridized carbons (Fsp3) is 0.619. The van der Waals surface area contributed by atoms with Crippen molar-refractivity contribution in [1.29, 1.82) is 0 Å². The second-order valence-electron chi connectivity index (χ2n) is 7.75. The van der Waals surface area contributed by atoms with Crippen LogP contribution < -0.4 is 16.0 Å². The second kappa shape index (κ2) is 10.5. The predicted octanol–water partition coefficient (Wildman–Crippen LogP) is 1.35. The van der Waals surface area contributed by atoms with Crippen LogP contribution >= 0.6 is 0 Å². The topological polar surface area (TPSA) is 82.7 Å². The maximum atomic E-state index is 12.4. The first-order valence-corrected chi connectivity index (χ1v) is 10.3. The Morgan fingerprint density at radius 1 is 1.29 bits per heavy atom. The van der Waals surface area contributed by atoms with Gasteiger partial charge >= 0.3 is 0 Å². The van der Waals surface area contributed by atoms with E-state index in [0.717, 1.165) is 63.5 Å². The minimum absolute atomic E-state index is 0.0105. The molecule has 0 unspecified atom stereocenters.